The summed E-state index contributed by atoms with van der Waals surface area (Å²) in [7, 11) is 4.46. The number of ether oxygens (including phenoxy) is 3. The Balaban J connectivity index is 2.12. The highest BCUT2D eigenvalue weighted by Gasteiger charge is 2.10. The van der Waals surface area contributed by atoms with Crippen molar-refractivity contribution in [3.63, 3.8) is 0 Å². The third-order valence-electron chi connectivity index (χ3n) is 3.30. The first-order valence-electron chi connectivity index (χ1n) is 7.12. The van der Waals surface area contributed by atoms with Gasteiger partial charge in [-0.15, -0.1) is 0 Å². The fourth-order valence-corrected chi connectivity index (χ4v) is 2.49. The van der Waals surface area contributed by atoms with E-state index in [9.17, 15) is 9.90 Å². The molecule has 0 aromatic heterocycles. The van der Waals surface area contributed by atoms with Gasteiger partial charge < -0.3 is 19.3 Å². The molecule has 0 aliphatic carbocycles. The molecule has 132 valence electrons. The van der Waals surface area contributed by atoms with Gasteiger partial charge in [-0.3, -0.25) is 4.79 Å². The van der Waals surface area contributed by atoms with Gasteiger partial charge in [0.25, 0.3) is 5.91 Å². The minimum Gasteiger partial charge on any atom is -0.503 e. The largest absolute Gasteiger partial charge is 0.503 e. The number of phenolic OH excluding ortho intramolecular Hbond substituents is 1. The molecule has 0 saturated carbocycles. The molecule has 1 amide bonds. The molecule has 0 aliphatic rings. The number of methoxy groups -OCH3 is 3. The van der Waals surface area contributed by atoms with E-state index in [1.807, 2.05) is 0 Å². The summed E-state index contributed by atoms with van der Waals surface area (Å²) < 4.78 is 15.8. The molecule has 0 atom stereocenters. The van der Waals surface area contributed by atoms with Crippen molar-refractivity contribution >= 4 is 28.1 Å². The summed E-state index contributed by atoms with van der Waals surface area (Å²) >= 11 is 3.22. The lowest BCUT2D eigenvalue weighted by molar-refractivity contribution is 0.0954. The second kappa shape index (κ2) is 8.39. The van der Waals surface area contributed by atoms with Gasteiger partial charge >= 0.3 is 0 Å². The van der Waals surface area contributed by atoms with Crippen LogP contribution in [0.4, 0.5) is 0 Å². The number of aromatic hydroxyl groups is 1. The van der Waals surface area contributed by atoms with Gasteiger partial charge in [0.05, 0.1) is 32.0 Å². The number of rotatable bonds is 6. The minimum atomic E-state index is -0.401. The van der Waals surface area contributed by atoms with Crippen molar-refractivity contribution in [3.8, 4) is 23.0 Å². The van der Waals surface area contributed by atoms with Crippen molar-refractivity contribution in [3.05, 3.63) is 45.9 Å². The molecular weight excluding hydrogens is 392 g/mol. The molecule has 7 nitrogen and oxygen atoms in total. The van der Waals surface area contributed by atoms with Crippen LogP contribution in [-0.4, -0.2) is 38.6 Å². The van der Waals surface area contributed by atoms with Crippen LogP contribution in [0, 0.1) is 0 Å². The molecule has 2 aromatic carbocycles. The quantitative estimate of drug-likeness (QED) is 0.566. The molecule has 2 aromatic rings. The summed E-state index contributed by atoms with van der Waals surface area (Å²) in [6, 6.07) is 8.03. The van der Waals surface area contributed by atoms with Gasteiger partial charge in [-0.25, -0.2) is 5.43 Å². The number of phenols is 1. The van der Waals surface area contributed by atoms with Gasteiger partial charge in [0, 0.05) is 5.56 Å². The third kappa shape index (κ3) is 4.42. The van der Waals surface area contributed by atoms with E-state index in [1.165, 1.54) is 27.5 Å². The Morgan fingerprint density at radius 3 is 2.40 bits per heavy atom. The van der Waals surface area contributed by atoms with Gasteiger partial charge in [0.15, 0.2) is 23.0 Å². The fourth-order valence-electron chi connectivity index (χ4n) is 2.03. The second-order valence-corrected chi connectivity index (χ2v) is 5.68. The zero-order valence-corrected chi connectivity index (χ0v) is 15.5. The van der Waals surface area contributed by atoms with Crippen molar-refractivity contribution in [1.82, 2.24) is 5.43 Å². The standard InChI is InChI=1S/C17H17BrN2O5/c1-23-13-5-4-11(8-14(13)24-2)17(22)20-19-9-10-6-12(18)16(21)15(7-10)25-3/h4-9,21H,1-3H3,(H,20,22)/b19-9-. The Bertz CT molecular complexity index is 808. The number of carbonyl (C=O) groups is 1. The molecule has 25 heavy (non-hydrogen) atoms. The molecule has 0 saturated heterocycles. The van der Waals surface area contributed by atoms with Crippen LogP contribution < -0.4 is 19.6 Å². The Labute approximate surface area is 153 Å². The van der Waals surface area contributed by atoms with Crippen LogP contribution >= 0.6 is 15.9 Å². The average molecular weight is 409 g/mol. The van der Waals surface area contributed by atoms with Crippen LogP contribution in [-0.2, 0) is 0 Å². The maximum Gasteiger partial charge on any atom is 0.271 e. The van der Waals surface area contributed by atoms with Gasteiger partial charge in [0.2, 0.25) is 0 Å². The first kappa shape index (κ1) is 18.6. The van der Waals surface area contributed by atoms with E-state index in [0.29, 0.717) is 32.8 Å². The van der Waals surface area contributed by atoms with Crippen LogP contribution in [0.5, 0.6) is 23.0 Å². The monoisotopic (exact) mass is 408 g/mol. The molecule has 2 rings (SSSR count). The van der Waals surface area contributed by atoms with Crippen molar-refractivity contribution in [1.29, 1.82) is 0 Å². The molecule has 0 spiro atoms. The molecule has 0 heterocycles. The third-order valence-corrected chi connectivity index (χ3v) is 3.90. The van der Waals surface area contributed by atoms with Crippen molar-refractivity contribution < 1.29 is 24.1 Å². The number of nitrogens with zero attached hydrogens (tertiary/aromatic N) is 1. The zero-order valence-electron chi connectivity index (χ0n) is 13.9. The summed E-state index contributed by atoms with van der Waals surface area (Å²) in [5.74, 6) is 0.869. The van der Waals surface area contributed by atoms with Crippen LogP contribution in [0.2, 0.25) is 0 Å². The minimum absolute atomic E-state index is 0.00554. The first-order valence-corrected chi connectivity index (χ1v) is 7.91. The molecule has 0 radical (unpaired) electrons. The van der Waals surface area contributed by atoms with E-state index in [0.717, 1.165) is 0 Å². The van der Waals surface area contributed by atoms with E-state index in [-0.39, 0.29) is 5.75 Å². The molecule has 8 heteroatoms. The van der Waals surface area contributed by atoms with Crippen LogP contribution in [0.15, 0.2) is 39.9 Å². The molecule has 0 unspecified atom stereocenters. The van der Waals surface area contributed by atoms with Gasteiger partial charge in [-0.1, -0.05) is 0 Å². The SMILES string of the molecule is COc1ccc(C(=O)N/N=C\c2cc(Br)c(O)c(OC)c2)cc1OC. The summed E-state index contributed by atoms with van der Waals surface area (Å²) in [6.07, 6.45) is 1.44. The Hall–Kier alpha value is -2.74. The average Bonchev–Trinajstić information content (AvgIpc) is 2.63. The highest BCUT2D eigenvalue weighted by molar-refractivity contribution is 9.10. The Morgan fingerprint density at radius 1 is 1.08 bits per heavy atom. The number of benzene rings is 2. The van der Waals surface area contributed by atoms with E-state index >= 15 is 0 Å². The number of amides is 1. The summed E-state index contributed by atoms with van der Waals surface area (Å²) in [6.45, 7) is 0. The van der Waals surface area contributed by atoms with E-state index in [2.05, 4.69) is 26.5 Å². The molecule has 0 aliphatic heterocycles. The fraction of sp³-hybridized carbons (Fsp3) is 0.176. The van der Waals surface area contributed by atoms with Crippen LogP contribution in [0.1, 0.15) is 15.9 Å². The number of hydrogen-bond donors (Lipinski definition) is 2. The maximum atomic E-state index is 12.2. The number of hydrazone groups is 1. The number of hydrogen-bond acceptors (Lipinski definition) is 6. The van der Waals surface area contributed by atoms with Crippen molar-refractivity contribution in [2.45, 2.75) is 0 Å². The predicted octanol–water partition coefficient (Wildman–Crippen LogP) is 2.94. The van der Waals surface area contributed by atoms with Crippen LogP contribution in [0.3, 0.4) is 0 Å². The normalized spacial score (nSPS) is 10.6. The lowest BCUT2D eigenvalue weighted by Crippen LogP contribution is -2.17. The van der Waals surface area contributed by atoms with E-state index in [1.54, 1.807) is 30.3 Å². The predicted molar refractivity (Wildman–Crippen MR) is 97.0 cm³/mol. The summed E-state index contributed by atoms with van der Waals surface area (Å²) in [5, 5.41) is 13.7. The summed E-state index contributed by atoms with van der Waals surface area (Å²) in [4.78, 5) is 12.2. The van der Waals surface area contributed by atoms with Crippen molar-refractivity contribution in [2.24, 2.45) is 5.10 Å². The Morgan fingerprint density at radius 2 is 1.76 bits per heavy atom. The number of carbonyl (C=O) groups excluding carboxylic acids is 1. The lowest BCUT2D eigenvalue weighted by Gasteiger charge is -2.08. The van der Waals surface area contributed by atoms with Gasteiger partial charge in [-0.2, -0.15) is 5.10 Å². The first-order chi connectivity index (χ1) is 12.0. The smallest absolute Gasteiger partial charge is 0.271 e. The highest BCUT2D eigenvalue weighted by atomic mass is 79.9. The van der Waals surface area contributed by atoms with E-state index in [4.69, 9.17) is 14.2 Å². The molecule has 0 bridgehead atoms. The molecule has 2 N–H and O–H groups in total. The number of halogens is 1. The molecule has 0 fully saturated rings. The second-order valence-electron chi connectivity index (χ2n) is 4.82. The number of nitrogens with one attached hydrogen (secondary N) is 1. The lowest BCUT2D eigenvalue weighted by atomic mass is 10.2. The van der Waals surface area contributed by atoms with E-state index < -0.39 is 5.91 Å². The zero-order chi connectivity index (χ0) is 18.4. The topological polar surface area (TPSA) is 89.4 Å². The van der Waals surface area contributed by atoms with Gasteiger partial charge in [0.1, 0.15) is 0 Å². The van der Waals surface area contributed by atoms with Crippen LogP contribution in [0.25, 0.3) is 0 Å². The van der Waals surface area contributed by atoms with Gasteiger partial charge in [-0.05, 0) is 51.8 Å². The maximum absolute atomic E-state index is 12.2. The summed E-state index contributed by atoms with van der Waals surface area (Å²) in [5.41, 5.74) is 3.43. The van der Waals surface area contributed by atoms with Crippen molar-refractivity contribution in [2.75, 3.05) is 21.3 Å². The highest BCUT2D eigenvalue weighted by Crippen LogP contribution is 2.34. The Kier molecular flexibility index (Phi) is 6.24. The molecular formula is C17H17BrN2O5.